The summed E-state index contributed by atoms with van der Waals surface area (Å²) in [7, 11) is -1.65. The molecule has 2 aliphatic heterocycles. The van der Waals surface area contributed by atoms with Gasteiger partial charge in [-0.3, -0.25) is 9.59 Å². The zero-order chi connectivity index (χ0) is 25.8. The molecule has 1 atom stereocenters. The standard InChI is InChI=1S/C27H30N2O5SSi/c1-5-27(33)21-12-23-24-19(13-29(23)25(31)20(21)14-34-26(27)32)17(18-8-6-7-9-22(18)28-24)10-11-36(3,4)15-35-16(2)30/h6-9,12,33H,5,10-11,13-15H2,1-4H3/t27-/m0/s1. The Morgan fingerprint density at radius 1 is 1.25 bits per heavy atom. The number of fused-ring (bicyclic) bond motifs is 5. The fraction of sp³-hybridized carbons (Fsp3) is 0.407. The number of nitrogens with zero attached hydrogens (tertiary/aromatic N) is 2. The van der Waals surface area contributed by atoms with Crippen LogP contribution in [0.15, 0.2) is 35.1 Å². The van der Waals surface area contributed by atoms with Gasteiger partial charge in [-0.1, -0.05) is 56.0 Å². The Bertz CT molecular complexity index is 1480. The minimum atomic E-state index is -1.84. The Morgan fingerprint density at radius 3 is 2.72 bits per heavy atom. The van der Waals surface area contributed by atoms with Crippen molar-refractivity contribution in [2.45, 2.75) is 64.6 Å². The van der Waals surface area contributed by atoms with Gasteiger partial charge >= 0.3 is 5.97 Å². The number of hydrogen-bond acceptors (Lipinski definition) is 7. The van der Waals surface area contributed by atoms with E-state index < -0.39 is 19.6 Å². The molecule has 0 radical (unpaired) electrons. The van der Waals surface area contributed by atoms with Crippen LogP contribution in [0.5, 0.6) is 0 Å². The van der Waals surface area contributed by atoms with Crippen LogP contribution in [0.3, 0.4) is 0 Å². The number of thioether (sulfide) groups is 1. The van der Waals surface area contributed by atoms with Crippen molar-refractivity contribution in [3.05, 3.63) is 62.9 Å². The number of carbonyl (C=O) groups is 2. The van der Waals surface area contributed by atoms with Gasteiger partial charge in [-0.15, -0.1) is 0 Å². The van der Waals surface area contributed by atoms with Gasteiger partial charge < -0.3 is 14.4 Å². The summed E-state index contributed by atoms with van der Waals surface area (Å²) in [5.74, 6) is -0.720. The number of esters is 1. The Hall–Kier alpha value is -2.75. The molecule has 9 heteroatoms. The number of cyclic esters (lactones) is 1. The van der Waals surface area contributed by atoms with E-state index in [1.54, 1.807) is 24.5 Å². The van der Waals surface area contributed by atoms with Crippen molar-refractivity contribution in [1.29, 1.82) is 0 Å². The number of carbonyl (C=O) groups excluding carboxylic acids is 2. The lowest BCUT2D eigenvalue weighted by molar-refractivity contribution is -0.172. The van der Waals surface area contributed by atoms with E-state index in [2.05, 4.69) is 19.2 Å². The van der Waals surface area contributed by atoms with Gasteiger partial charge in [0.25, 0.3) is 5.56 Å². The Kier molecular flexibility index (Phi) is 6.21. The molecule has 0 fully saturated rings. The molecule has 36 heavy (non-hydrogen) atoms. The average Bonchev–Trinajstić information content (AvgIpc) is 3.22. The van der Waals surface area contributed by atoms with Crippen LogP contribution >= 0.6 is 11.8 Å². The molecule has 5 rings (SSSR count). The molecule has 1 N–H and O–H groups in total. The number of rotatable bonds is 6. The lowest BCUT2D eigenvalue weighted by Gasteiger charge is -2.31. The lowest BCUT2D eigenvalue weighted by Crippen LogP contribution is -2.44. The highest BCUT2D eigenvalue weighted by molar-refractivity contribution is 8.14. The van der Waals surface area contributed by atoms with Gasteiger partial charge in [0.1, 0.15) is 6.61 Å². The molecule has 0 unspecified atom stereocenters. The monoisotopic (exact) mass is 522 g/mol. The number of hydrogen-bond donors (Lipinski definition) is 1. The smallest absolute Gasteiger partial charge is 0.343 e. The second-order valence-electron chi connectivity index (χ2n) is 10.5. The third-order valence-corrected chi connectivity index (χ3v) is 13.1. The van der Waals surface area contributed by atoms with Crippen molar-refractivity contribution in [3.63, 3.8) is 0 Å². The normalized spacial score (nSPS) is 18.5. The summed E-state index contributed by atoms with van der Waals surface area (Å²) in [6.07, 6.45) is 0.953. The van der Waals surface area contributed by atoms with E-state index in [1.165, 1.54) is 17.3 Å². The van der Waals surface area contributed by atoms with Crippen LogP contribution in [0.1, 0.15) is 42.5 Å². The van der Waals surface area contributed by atoms with Crippen LogP contribution in [0, 0.1) is 0 Å². The summed E-state index contributed by atoms with van der Waals surface area (Å²) in [6, 6.07) is 10.8. The van der Waals surface area contributed by atoms with Gasteiger partial charge in [-0.05, 0) is 35.9 Å². The highest BCUT2D eigenvalue weighted by atomic mass is 32.2. The fourth-order valence-electron chi connectivity index (χ4n) is 5.23. The molecule has 0 saturated heterocycles. The first-order valence-electron chi connectivity index (χ1n) is 12.3. The number of ether oxygens (including phenoxy) is 1. The molecule has 0 amide bonds. The van der Waals surface area contributed by atoms with Crippen LogP contribution in [-0.4, -0.2) is 39.2 Å². The molecule has 0 saturated carbocycles. The van der Waals surface area contributed by atoms with Crippen molar-refractivity contribution in [1.82, 2.24) is 9.55 Å². The topological polar surface area (TPSA) is 98.5 Å². The summed E-state index contributed by atoms with van der Waals surface area (Å²) in [4.78, 5) is 42.5. The zero-order valence-electron chi connectivity index (χ0n) is 21.0. The minimum absolute atomic E-state index is 0.114. The van der Waals surface area contributed by atoms with E-state index in [0.717, 1.165) is 40.0 Å². The molecule has 2 aliphatic rings. The summed E-state index contributed by atoms with van der Waals surface area (Å²) >= 11 is 1.41. The molecule has 3 aromatic rings. The maximum absolute atomic E-state index is 13.6. The van der Waals surface area contributed by atoms with E-state index in [4.69, 9.17) is 9.72 Å². The first-order chi connectivity index (χ1) is 17.1. The molecule has 188 valence electrons. The molecule has 0 bridgehead atoms. The summed E-state index contributed by atoms with van der Waals surface area (Å²) < 4.78 is 6.89. The molecular weight excluding hydrogens is 492 g/mol. The Balaban J connectivity index is 1.64. The van der Waals surface area contributed by atoms with Crippen LogP contribution < -0.4 is 5.56 Å². The Morgan fingerprint density at radius 2 is 2.00 bits per heavy atom. The number of aryl methyl sites for hydroxylation is 1. The predicted molar refractivity (Wildman–Crippen MR) is 144 cm³/mol. The summed E-state index contributed by atoms with van der Waals surface area (Å²) in [5.41, 5.74) is 3.00. The molecule has 0 aliphatic carbocycles. The van der Waals surface area contributed by atoms with E-state index in [9.17, 15) is 19.5 Å². The highest BCUT2D eigenvalue weighted by Gasteiger charge is 2.45. The number of para-hydroxylation sites is 1. The van der Waals surface area contributed by atoms with Crippen molar-refractivity contribution < 1.29 is 19.4 Å². The minimum Gasteiger partial charge on any atom is -0.458 e. The molecule has 7 nitrogen and oxygen atoms in total. The molecule has 2 aromatic heterocycles. The summed E-state index contributed by atoms with van der Waals surface area (Å²) in [5, 5.41) is 13.2. The largest absolute Gasteiger partial charge is 0.458 e. The maximum atomic E-state index is 13.6. The van der Waals surface area contributed by atoms with Crippen molar-refractivity contribution >= 4 is 41.8 Å². The van der Waals surface area contributed by atoms with Gasteiger partial charge in [0.15, 0.2) is 10.7 Å². The molecule has 4 heterocycles. The van der Waals surface area contributed by atoms with E-state index in [1.807, 2.05) is 18.2 Å². The SMILES string of the molecule is CC[C@@]1(O)C(=O)OCc2c1cc1n(c2=O)Cc2c-1nc1ccccc1c2CC[Si](C)(C)CSC(C)=O. The first-order valence-corrected chi connectivity index (χ1v) is 16.7. The van der Waals surface area contributed by atoms with Gasteiger partial charge in [-0.25, -0.2) is 9.78 Å². The van der Waals surface area contributed by atoms with Crippen molar-refractivity contribution in [2.75, 3.05) is 5.38 Å². The zero-order valence-corrected chi connectivity index (χ0v) is 22.8. The third kappa shape index (κ3) is 4.03. The molecule has 1 aromatic carbocycles. The number of benzene rings is 1. The van der Waals surface area contributed by atoms with Crippen LogP contribution in [0.2, 0.25) is 19.1 Å². The van der Waals surface area contributed by atoms with Crippen LogP contribution in [-0.2, 0) is 39.5 Å². The van der Waals surface area contributed by atoms with Crippen molar-refractivity contribution in [2.24, 2.45) is 0 Å². The van der Waals surface area contributed by atoms with Gasteiger partial charge in [-0.2, -0.15) is 0 Å². The van der Waals surface area contributed by atoms with E-state index >= 15 is 0 Å². The number of aromatic nitrogens is 2. The fourth-order valence-corrected chi connectivity index (χ4v) is 9.11. The molecule has 0 spiro atoms. The Labute approximate surface area is 214 Å². The number of aliphatic hydroxyl groups is 1. The third-order valence-electron chi connectivity index (χ3n) is 7.43. The quantitative estimate of drug-likeness (QED) is 0.300. The molecular formula is C27H30N2O5SSi. The number of pyridine rings is 2. The second-order valence-corrected chi connectivity index (χ2v) is 17.3. The van der Waals surface area contributed by atoms with Crippen LogP contribution in [0.4, 0.5) is 0 Å². The summed E-state index contributed by atoms with van der Waals surface area (Å²) in [6.45, 7) is 8.19. The second kappa shape index (κ2) is 8.97. The average molecular weight is 523 g/mol. The van der Waals surface area contributed by atoms with Crippen LogP contribution in [0.25, 0.3) is 22.3 Å². The van der Waals surface area contributed by atoms with Gasteiger partial charge in [0.2, 0.25) is 0 Å². The van der Waals surface area contributed by atoms with E-state index in [0.29, 0.717) is 23.4 Å². The van der Waals surface area contributed by atoms with Gasteiger partial charge in [0, 0.05) is 23.4 Å². The van der Waals surface area contributed by atoms with Crippen molar-refractivity contribution in [3.8, 4) is 11.4 Å². The van der Waals surface area contributed by atoms with E-state index in [-0.39, 0.29) is 23.7 Å². The predicted octanol–water partition coefficient (Wildman–Crippen LogP) is 4.15. The maximum Gasteiger partial charge on any atom is 0.343 e. The first kappa shape index (κ1) is 24.9. The lowest BCUT2D eigenvalue weighted by atomic mass is 9.86. The van der Waals surface area contributed by atoms with Gasteiger partial charge in [0.05, 0.1) is 37.1 Å². The highest BCUT2D eigenvalue weighted by Crippen LogP contribution is 2.40.